The predicted octanol–water partition coefficient (Wildman–Crippen LogP) is 3.80. The van der Waals surface area contributed by atoms with Gasteiger partial charge in [0.2, 0.25) is 0 Å². The quantitative estimate of drug-likeness (QED) is 0.758. The number of carbonyl (C=O) groups is 1. The summed E-state index contributed by atoms with van der Waals surface area (Å²) in [5.41, 5.74) is 0.751. The Balaban J connectivity index is 3.09. The summed E-state index contributed by atoms with van der Waals surface area (Å²) >= 11 is 6.66. The summed E-state index contributed by atoms with van der Waals surface area (Å²) in [5, 5.41) is 0. The Bertz CT molecular complexity index is 307. The van der Waals surface area contributed by atoms with Gasteiger partial charge >= 0.3 is 0 Å². The molecule has 3 heteroatoms. The van der Waals surface area contributed by atoms with Gasteiger partial charge in [-0.25, -0.2) is 0 Å². The molecule has 1 rings (SSSR count). The van der Waals surface area contributed by atoms with Crippen molar-refractivity contribution in [3.8, 4) is 0 Å². The van der Waals surface area contributed by atoms with Gasteiger partial charge in [-0.3, -0.25) is 4.79 Å². The van der Waals surface area contributed by atoms with Gasteiger partial charge in [-0.15, -0.1) is 0 Å². The van der Waals surface area contributed by atoms with E-state index in [4.69, 9.17) is 0 Å². The molecule has 64 valence electrons. The second-order valence-electron chi connectivity index (χ2n) is 2.40. The number of hydrogen-bond acceptors (Lipinski definition) is 1. The first-order valence-corrected chi connectivity index (χ1v) is 5.22. The average Bonchev–Trinajstić information content (AvgIpc) is 2.03. The van der Waals surface area contributed by atoms with Gasteiger partial charge in [0.15, 0.2) is 5.78 Å². The molecular weight excluding hydrogens is 284 g/mol. The van der Waals surface area contributed by atoms with Crippen LogP contribution in [0.2, 0.25) is 0 Å². The van der Waals surface area contributed by atoms with Crippen molar-refractivity contribution in [2.45, 2.75) is 13.3 Å². The van der Waals surface area contributed by atoms with Crippen molar-refractivity contribution in [2.75, 3.05) is 0 Å². The van der Waals surface area contributed by atoms with Gasteiger partial charge < -0.3 is 0 Å². The predicted molar refractivity (Wildman–Crippen MR) is 56.5 cm³/mol. The maximum absolute atomic E-state index is 11.3. The zero-order valence-electron chi connectivity index (χ0n) is 6.60. The lowest BCUT2D eigenvalue weighted by atomic mass is 10.1. The van der Waals surface area contributed by atoms with Gasteiger partial charge in [0.25, 0.3) is 0 Å². The third-order valence-electron chi connectivity index (χ3n) is 1.55. The highest BCUT2D eigenvalue weighted by molar-refractivity contribution is 9.11. The van der Waals surface area contributed by atoms with Crippen LogP contribution in [-0.2, 0) is 0 Å². The van der Waals surface area contributed by atoms with Crippen molar-refractivity contribution in [2.24, 2.45) is 0 Å². The first-order chi connectivity index (χ1) is 5.65. The molecule has 0 fully saturated rings. The highest BCUT2D eigenvalue weighted by Gasteiger charge is 2.06. The van der Waals surface area contributed by atoms with Crippen LogP contribution in [0.15, 0.2) is 27.1 Å². The minimum atomic E-state index is 0.161. The van der Waals surface area contributed by atoms with Gasteiger partial charge in [-0.1, -0.05) is 38.8 Å². The van der Waals surface area contributed by atoms with Crippen LogP contribution in [0.25, 0.3) is 0 Å². The second-order valence-corrected chi connectivity index (χ2v) is 4.17. The topological polar surface area (TPSA) is 17.1 Å². The Labute approximate surface area is 88.4 Å². The monoisotopic (exact) mass is 290 g/mol. The van der Waals surface area contributed by atoms with Crippen molar-refractivity contribution >= 4 is 37.6 Å². The molecule has 0 aromatic heterocycles. The largest absolute Gasteiger partial charge is 0.294 e. The zero-order chi connectivity index (χ0) is 9.14. The summed E-state index contributed by atoms with van der Waals surface area (Å²) in [6, 6.07) is 5.57. The fourth-order valence-electron chi connectivity index (χ4n) is 0.906. The van der Waals surface area contributed by atoms with Crippen LogP contribution in [0.4, 0.5) is 0 Å². The summed E-state index contributed by atoms with van der Waals surface area (Å²) in [6.45, 7) is 1.86. The van der Waals surface area contributed by atoms with Crippen molar-refractivity contribution in [3.05, 3.63) is 32.7 Å². The third-order valence-corrected chi connectivity index (χ3v) is 2.70. The van der Waals surface area contributed by atoms with Crippen LogP contribution in [0, 0.1) is 0 Å². The molecule has 0 unspecified atom stereocenters. The second kappa shape index (κ2) is 4.19. The molecular formula is C9H8Br2O. The average molecular weight is 292 g/mol. The van der Waals surface area contributed by atoms with Crippen molar-refractivity contribution in [1.29, 1.82) is 0 Å². The van der Waals surface area contributed by atoms with E-state index in [0.29, 0.717) is 6.42 Å². The molecule has 0 saturated heterocycles. The molecule has 0 N–H and O–H groups in total. The molecule has 0 radical (unpaired) electrons. The molecule has 0 bridgehead atoms. The van der Waals surface area contributed by atoms with Crippen LogP contribution in [0.3, 0.4) is 0 Å². The van der Waals surface area contributed by atoms with E-state index in [-0.39, 0.29) is 5.78 Å². The summed E-state index contributed by atoms with van der Waals surface area (Å²) in [5.74, 6) is 0.161. The molecule has 0 aliphatic carbocycles. The molecule has 0 aliphatic rings. The number of hydrogen-bond donors (Lipinski definition) is 0. The van der Waals surface area contributed by atoms with E-state index in [1.54, 1.807) is 0 Å². The lowest BCUT2D eigenvalue weighted by molar-refractivity contribution is 0.0987. The van der Waals surface area contributed by atoms with E-state index in [1.807, 2.05) is 25.1 Å². The first kappa shape index (κ1) is 9.93. The minimum absolute atomic E-state index is 0.161. The van der Waals surface area contributed by atoms with Gasteiger partial charge in [0, 0.05) is 20.9 Å². The highest BCUT2D eigenvalue weighted by atomic mass is 79.9. The van der Waals surface area contributed by atoms with Gasteiger partial charge in [0.05, 0.1) is 0 Å². The number of rotatable bonds is 2. The molecule has 0 saturated carbocycles. The standard InChI is InChI=1S/C9H8Br2O/c1-2-9(12)7-4-3-6(10)5-8(7)11/h3-5H,2H2,1H3. The smallest absolute Gasteiger partial charge is 0.163 e. The third kappa shape index (κ3) is 2.17. The Morgan fingerprint density at radius 2 is 2.08 bits per heavy atom. The van der Waals surface area contributed by atoms with Crippen molar-refractivity contribution in [3.63, 3.8) is 0 Å². The molecule has 0 heterocycles. The van der Waals surface area contributed by atoms with Gasteiger partial charge in [-0.2, -0.15) is 0 Å². The number of benzene rings is 1. The van der Waals surface area contributed by atoms with Crippen LogP contribution < -0.4 is 0 Å². The van der Waals surface area contributed by atoms with Crippen LogP contribution >= 0.6 is 31.9 Å². The SMILES string of the molecule is CCC(=O)c1ccc(Br)cc1Br. The van der Waals surface area contributed by atoms with Crippen LogP contribution in [0.5, 0.6) is 0 Å². The minimum Gasteiger partial charge on any atom is -0.294 e. The number of ketones is 1. The number of Topliss-reactive ketones (excluding diaryl/α,β-unsaturated/α-hetero) is 1. The normalized spacial score (nSPS) is 9.92. The van der Waals surface area contributed by atoms with E-state index in [0.717, 1.165) is 14.5 Å². The van der Waals surface area contributed by atoms with E-state index in [9.17, 15) is 4.79 Å². The maximum atomic E-state index is 11.3. The first-order valence-electron chi connectivity index (χ1n) is 3.63. The molecule has 12 heavy (non-hydrogen) atoms. The van der Waals surface area contributed by atoms with E-state index < -0.39 is 0 Å². The van der Waals surface area contributed by atoms with Crippen molar-refractivity contribution in [1.82, 2.24) is 0 Å². The molecule has 0 atom stereocenters. The maximum Gasteiger partial charge on any atom is 0.163 e. The van der Waals surface area contributed by atoms with E-state index >= 15 is 0 Å². The van der Waals surface area contributed by atoms with E-state index in [1.165, 1.54) is 0 Å². The molecule has 0 amide bonds. The van der Waals surface area contributed by atoms with E-state index in [2.05, 4.69) is 31.9 Å². The Hall–Kier alpha value is -0.150. The fraction of sp³-hybridized carbons (Fsp3) is 0.222. The fourth-order valence-corrected chi connectivity index (χ4v) is 2.17. The summed E-state index contributed by atoms with van der Waals surface area (Å²) in [4.78, 5) is 11.3. The van der Waals surface area contributed by atoms with Crippen LogP contribution in [0.1, 0.15) is 23.7 Å². The Kier molecular flexibility index (Phi) is 3.47. The summed E-state index contributed by atoms with van der Waals surface area (Å²) in [6.07, 6.45) is 0.542. The van der Waals surface area contributed by atoms with Crippen molar-refractivity contribution < 1.29 is 4.79 Å². The Morgan fingerprint density at radius 3 is 2.58 bits per heavy atom. The lowest BCUT2D eigenvalue weighted by Crippen LogP contribution is -1.97. The molecule has 0 spiro atoms. The molecule has 1 aromatic rings. The molecule has 0 aliphatic heterocycles. The molecule has 1 nitrogen and oxygen atoms in total. The number of halogens is 2. The summed E-state index contributed by atoms with van der Waals surface area (Å²) in [7, 11) is 0. The van der Waals surface area contributed by atoms with Gasteiger partial charge in [0.1, 0.15) is 0 Å². The highest BCUT2D eigenvalue weighted by Crippen LogP contribution is 2.22. The zero-order valence-corrected chi connectivity index (χ0v) is 9.78. The van der Waals surface area contributed by atoms with Crippen LogP contribution in [-0.4, -0.2) is 5.78 Å². The lowest BCUT2D eigenvalue weighted by Gasteiger charge is -2.01. The summed E-state index contributed by atoms with van der Waals surface area (Å²) < 4.78 is 1.82. The van der Waals surface area contributed by atoms with Gasteiger partial charge in [-0.05, 0) is 18.2 Å². The number of carbonyl (C=O) groups excluding carboxylic acids is 1. The molecule has 1 aromatic carbocycles. The Morgan fingerprint density at radius 1 is 1.42 bits per heavy atom.